The van der Waals surface area contributed by atoms with Crippen LogP contribution < -0.4 is 5.73 Å². The summed E-state index contributed by atoms with van der Waals surface area (Å²) in [7, 11) is 1.74. The summed E-state index contributed by atoms with van der Waals surface area (Å²) in [6, 6.07) is 0. The Hall–Kier alpha value is -0.790. The van der Waals surface area contributed by atoms with E-state index in [1.54, 1.807) is 13.3 Å². The third-order valence-electron chi connectivity index (χ3n) is 1.60. The Bertz CT molecular complexity index is 136. The molecule has 0 aliphatic rings. The van der Waals surface area contributed by atoms with Crippen LogP contribution in [0.2, 0.25) is 0 Å². The number of hydrogen-bond donors (Lipinski definition) is 1. The highest BCUT2D eigenvalue weighted by molar-refractivity contribution is 5.71. The molecule has 58 valence electrons. The standard InChI is InChI=1S/C8H16N2/c1-4-7(2)8(9)5-6-10-3/h5-7H,4,9H2,1-3H3. The molecule has 0 saturated carbocycles. The van der Waals surface area contributed by atoms with Crippen molar-refractivity contribution in [3.8, 4) is 0 Å². The van der Waals surface area contributed by atoms with E-state index in [0.29, 0.717) is 5.92 Å². The van der Waals surface area contributed by atoms with Crippen LogP contribution in [0.4, 0.5) is 0 Å². The van der Waals surface area contributed by atoms with Gasteiger partial charge in [-0.1, -0.05) is 13.8 Å². The third-order valence-corrected chi connectivity index (χ3v) is 1.60. The highest BCUT2D eigenvalue weighted by atomic mass is 14.6. The maximum absolute atomic E-state index is 5.68. The first kappa shape index (κ1) is 9.21. The van der Waals surface area contributed by atoms with Gasteiger partial charge in [-0.2, -0.15) is 0 Å². The van der Waals surface area contributed by atoms with Gasteiger partial charge in [0.15, 0.2) is 0 Å². The van der Waals surface area contributed by atoms with Crippen molar-refractivity contribution in [3.63, 3.8) is 0 Å². The molecule has 0 saturated heterocycles. The fourth-order valence-corrected chi connectivity index (χ4v) is 0.561. The smallest absolute Gasteiger partial charge is 0.0277 e. The molecule has 0 aromatic carbocycles. The first-order chi connectivity index (χ1) is 4.72. The molecular weight excluding hydrogens is 124 g/mol. The molecule has 1 unspecified atom stereocenters. The van der Waals surface area contributed by atoms with Crippen molar-refractivity contribution >= 4 is 6.21 Å². The lowest BCUT2D eigenvalue weighted by molar-refractivity contribution is 0.649. The predicted octanol–water partition coefficient (Wildman–Crippen LogP) is 1.58. The van der Waals surface area contributed by atoms with E-state index in [0.717, 1.165) is 12.1 Å². The van der Waals surface area contributed by atoms with Crippen LogP contribution in [0.3, 0.4) is 0 Å². The molecule has 2 nitrogen and oxygen atoms in total. The van der Waals surface area contributed by atoms with Gasteiger partial charge in [0.05, 0.1) is 0 Å². The first-order valence-electron chi connectivity index (χ1n) is 3.60. The van der Waals surface area contributed by atoms with Crippen LogP contribution in [0.5, 0.6) is 0 Å². The van der Waals surface area contributed by atoms with E-state index in [-0.39, 0.29) is 0 Å². The Morgan fingerprint density at radius 1 is 1.70 bits per heavy atom. The fourth-order valence-electron chi connectivity index (χ4n) is 0.561. The number of hydrogen-bond acceptors (Lipinski definition) is 2. The molecule has 0 heterocycles. The Labute approximate surface area is 62.8 Å². The molecule has 0 rings (SSSR count). The largest absolute Gasteiger partial charge is 0.402 e. The van der Waals surface area contributed by atoms with Gasteiger partial charge < -0.3 is 5.73 Å². The minimum atomic E-state index is 0.470. The quantitative estimate of drug-likeness (QED) is 0.594. The molecule has 2 heteroatoms. The van der Waals surface area contributed by atoms with E-state index in [9.17, 15) is 0 Å². The Balaban J connectivity index is 3.91. The molecule has 0 bridgehead atoms. The molecule has 0 radical (unpaired) electrons. The number of rotatable bonds is 3. The average Bonchev–Trinajstić information content (AvgIpc) is 1.98. The summed E-state index contributed by atoms with van der Waals surface area (Å²) in [6.45, 7) is 4.23. The highest BCUT2D eigenvalue weighted by Gasteiger charge is 1.98. The summed E-state index contributed by atoms with van der Waals surface area (Å²) >= 11 is 0. The van der Waals surface area contributed by atoms with Gasteiger partial charge in [-0.05, 0) is 18.4 Å². The molecule has 2 N–H and O–H groups in total. The van der Waals surface area contributed by atoms with Gasteiger partial charge in [0.25, 0.3) is 0 Å². The zero-order valence-corrected chi connectivity index (χ0v) is 6.96. The van der Waals surface area contributed by atoms with Crippen molar-refractivity contribution < 1.29 is 0 Å². The van der Waals surface area contributed by atoms with Crippen LogP contribution in [0.25, 0.3) is 0 Å². The van der Waals surface area contributed by atoms with Crippen molar-refractivity contribution in [2.75, 3.05) is 7.05 Å². The molecule has 1 atom stereocenters. The lowest BCUT2D eigenvalue weighted by Crippen LogP contribution is -2.07. The van der Waals surface area contributed by atoms with Crippen LogP contribution in [-0.2, 0) is 0 Å². The van der Waals surface area contributed by atoms with E-state index in [2.05, 4.69) is 18.8 Å². The van der Waals surface area contributed by atoms with Crippen LogP contribution in [0.15, 0.2) is 16.8 Å². The molecule has 0 aliphatic carbocycles. The van der Waals surface area contributed by atoms with Gasteiger partial charge in [-0.3, -0.25) is 4.99 Å². The summed E-state index contributed by atoms with van der Waals surface area (Å²) in [5.74, 6) is 0.470. The second kappa shape index (κ2) is 5.03. The summed E-state index contributed by atoms with van der Waals surface area (Å²) in [6.07, 6.45) is 4.66. The van der Waals surface area contributed by atoms with E-state index in [1.807, 2.05) is 6.08 Å². The molecule has 0 aliphatic heterocycles. The number of aliphatic imine (C=N–C) groups is 1. The van der Waals surface area contributed by atoms with Crippen molar-refractivity contribution in [2.24, 2.45) is 16.6 Å². The zero-order chi connectivity index (χ0) is 7.98. The van der Waals surface area contributed by atoms with Crippen LogP contribution in [0.1, 0.15) is 20.3 Å². The average molecular weight is 140 g/mol. The van der Waals surface area contributed by atoms with Crippen molar-refractivity contribution in [2.45, 2.75) is 20.3 Å². The van der Waals surface area contributed by atoms with Crippen molar-refractivity contribution in [1.82, 2.24) is 0 Å². The van der Waals surface area contributed by atoms with Gasteiger partial charge in [0.2, 0.25) is 0 Å². The predicted molar refractivity (Wildman–Crippen MR) is 46.1 cm³/mol. The summed E-state index contributed by atoms with van der Waals surface area (Å²) in [4.78, 5) is 3.81. The SMILES string of the molecule is CCC(C)C(N)=CC=NC. The molecule has 10 heavy (non-hydrogen) atoms. The minimum Gasteiger partial charge on any atom is -0.402 e. The van der Waals surface area contributed by atoms with Gasteiger partial charge in [0.1, 0.15) is 0 Å². The molecule has 0 amide bonds. The van der Waals surface area contributed by atoms with Gasteiger partial charge in [-0.25, -0.2) is 0 Å². The normalized spacial score (nSPS) is 16.1. The van der Waals surface area contributed by atoms with Crippen LogP contribution >= 0.6 is 0 Å². The second-order valence-corrected chi connectivity index (χ2v) is 2.38. The Morgan fingerprint density at radius 2 is 2.30 bits per heavy atom. The Morgan fingerprint density at radius 3 is 2.70 bits per heavy atom. The number of allylic oxidation sites excluding steroid dienone is 2. The molecule has 0 spiro atoms. The zero-order valence-electron chi connectivity index (χ0n) is 6.96. The van der Waals surface area contributed by atoms with E-state index >= 15 is 0 Å². The monoisotopic (exact) mass is 140 g/mol. The number of nitrogens with zero attached hydrogens (tertiary/aromatic N) is 1. The van der Waals surface area contributed by atoms with Crippen LogP contribution in [0, 0.1) is 5.92 Å². The molecule has 0 aromatic rings. The Kier molecular flexibility index (Phi) is 4.63. The number of nitrogens with two attached hydrogens (primary N) is 1. The van der Waals surface area contributed by atoms with E-state index in [1.165, 1.54) is 0 Å². The van der Waals surface area contributed by atoms with Gasteiger partial charge in [-0.15, -0.1) is 0 Å². The molecular formula is C8H16N2. The van der Waals surface area contributed by atoms with Crippen molar-refractivity contribution in [3.05, 3.63) is 11.8 Å². The molecule has 0 fully saturated rings. The lowest BCUT2D eigenvalue weighted by Gasteiger charge is -2.06. The van der Waals surface area contributed by atoms with E-state index in [4.69, 9.17) is 5.73 Å². The topological polar surface area (TPSA) is 38.4 Å². The third kappa shape index (κ3) is 3.28. The lowest BCUT2D eigenvalue weighted by atomic mass is 10.1. The summed E-state index contributed by atoms with van der Waals surface area (Å²) in [5.41, 5.74) is 6.59. The summed E-state index contributed by atoms with van der Waals surface area (Å²) < 4.78 is 0. The van der Waals surface area contributed by atoms with Gasteiger partial charge in [0, 0.05) is 19.0 Å². The second-order valence-electron chi connectivity index (χ2n) is 2.38. The maximum atomic E-state index is 5.68. The van der Waals surface area contributed by atoms with Crippen LogP contribution in [-0.4, -0.2) is 13.3 Å². The first-order valence-corrected chi connectivity index (χ1v) is 3.60. The molecule has 0 aromatic heterocycles. The maximum Gasteiger partial charge on any atom is 0.0277 e. The van der Waals surface area contributed by atoms with Gasteiger partial charge >= 0.3 is 0 Å². The van der Waals surface area contributed by atoms with Crippen molar-refractivity contribution in [1.29, 1.82) is 0 Å². The highest BCUT2D eigenvalue weighted by Crippen LogP contribution is 2.06. The summed E-state index contributed by atoms with van der Waals surface area (Å²) in [5, 5.41) is 0. The minimum absolute atomic E-state index is 0.470. The fraction of sp³-hybridized carbons (Fsp3) is 0.625. The van der Waals surface area contributed by atoms with E-state index < -0.39 is 0 Å².